The molecule has 1 atom stereocenters. The third kappa shape index (κ3) is 4.05. The number of rotatable bonds is 5. The molecule has 0 aliphatic heterocycles. The highest BCUT2D eigenvalue weighted by atomic mass is 16.2. The van der Waals surface area contributed by atoms with Gasteiger partial charge >= 0.3 is 5.69 Å². The summed E-state index contributed by atoms with van der Waals surface area (Å²) in [5.41, 5.74) is 1.87. The number of carbonyl (C=O) groups excluding carboxylic acids is 1. The molecule has 6 heteroatoms. The van der Waals surface area contributed by atoms with Crippen molar-refractivity contribution in [3.05, 3.63) is 111 Å². The number of carbonyl (C=O) groups is 1. The lowest BCUT2D eigenvalue weighted by Crippen LogP contribution is -2.42. The second kappa shape index (κ2) is 8.44. The first-order valence-electron chi connectivity index (χ1n) is 10.1. The van der Waals surface area contributed by atoms with Crippen molar-refractivity contribution in [2.45, 2.75) is 26.4 Å². The summed E-state index contributed by atoms with van der Waals surface area (Å²) >= 11 is 0. The first kappa shape index (κ1) is 20.3. The van der Waals surface area contributed by atoms with E-state index in [4.69, 9.17) is 0 Å². The molecule has 0 saturated heterocycles. The van der Waals surface area contributed by atoms with Crippen LogP contribution < -0.4 is 16.6 Å². The summed E-state index contributed by atoms with van der Waals surface area (Å²) in [7, 11) is 0. The molecular weight excluding hydrogens is 390 g/mol. The van der Waals surface area contributed by atoms with E-state index in [9.17, 15) is 14.4 Å². The van der Waals surface area contributed by atoms with E-state index in [0.29, 0.717) is 16.6 Å². The van der Waals surface area contributed by atoms with Crippen molar-refractivity contribution in [1.82, 2.24) is 14.5 Å². The van der Waals surface area contributed by atoms with Crippen LogP contribution in [0.5, 0.6) is 0 Å². The number of benzene rings is 3. The number of nitrogens with one attached hydrogen (secondary N) is 1. The van der Waals surface area contributed by atoms with Gasteiger partial charge in [-0.25, -0.2) is 9.36 Å². The third-order valence-electron chi connectivity index (χ3n) is 5.29. The first-order valence-corrected chi connectivity index (χ1v) is 10.1. The van der Waals surface area contributed by atoms with Crippen molar-refractivity contribution in [1.29, 1.82) is 0 Å². The van der Waals surface area contributed by atoms with Crippen molar-refractivity contribution < 1.29 is 4.79 Å². The van der Waals surface area contributed by atoms with Gasteiger partial charge in [0, 0.05) is 0 Å². The maximum atomic E-state index is 13.4. The van der Waals surface area contributed by atoms with E-state index in [-0.39, 0.29) is 18.5 Å². The van der Waals surface area contributed by atoms with Crippen LogP contribution in [0.3, 0.4) is 0 Å². The van der Waals surface area contributed by atoms with Crippen molar-refractivity contribution in [3.63, 3.8) is 0 Å². The van der Waals surface area contributed by atoms with Crippen molar-refractivity contribution in [2.24, 2.45) is 0 Å². The smallest absolute Gasteiger partial charge is 0.336 e. The molecular formula is C25H23N3O3. The van der Waals surface area contributed by atoms with Gasteiger partial charge in [0.15, 0.2) is 0 Å². The van der Waals surface area contributed by atoms with Gasteiger partial charge < -0.3 is 5.32 Å². The summed E-state index contributed by atoms with van der Waals surface area (Å²) in [5, 5.41) is 3.32. The van der Waals surface area contributed by atoms with Crippen LogP contribution in [-0.2, 0) is 11.3 Å². The average Bonchev–Trinajstić information content (AvgIpc) is 2.77. The Hall–Kier alpha value is -3.93. The second-order valence-corrected chi connectivity index (χ2v) is 7.57. The molecule has 4 aromatic rings. The van der Waals surface area contributed by atoms with Crippen LogP contribution in [0.2, 0.25) is 0 Å². The van der Waals surface area contributed by atoms with Crippen molar-refractivity contribution in [3.8, 4) is 5.69 Å². The van der Waals surface area contributed by atoms with Gasteiger partial charge in [0.1, 0.15) is 6.54 Å². The fourth-order valence-electron chi connectivity index (χ4n) is 3.72. The predicted octanol–water partition coefficient (Wildman–Crippen LogP) is 3.34. The Morgan fingerprint density at radius 3 is 2.39 bits per heavy atom. The molecule has 1 heterocycles. The molecule has 1 amide bonds. The van der Waals surface area contributed by atoms with Crippen molar-refractivity contribution in [2.75, 3.05) is 0 Å². The number of fused-ring (bicyclic) bond motifs is 1. The lowest BCUT2D eigenvalue weighted by Gasteiger charge is -2.17. The summed E-state index contributed by atoms with van der Waals surface area (Å²) in [5.74, 6) is -0.307. The number of hydrogen-bond acceptors (Lipinski definition) is 3. The highest BCUT2D eigenvalue weighted by Gasteiger charge is 2.17. The van der Waals surface area contributed by atoms with Gasteiger partial charge in [-0.2, -0.15) is 0 Å². The second-order valence-electron chi connectivity index (χ2n) is 7.57. The number of aryl methyl sites for hydroxylation is 1. The zero-order valence-corrected chi connectivity index (χ0v) is 17.4. The normalized spacial score (nSPS) is 11.9. The molecule has 0 radical (unpaired) electrons. The Bertz CT molecular complexity index is 1370. The fraction of sp³-hybridized carbons (Fsp3) is 0.160. The standard InChI is InChI=1S/C25H23N3O3/c1-17-9-8-12-20(15-17)28-24(30)21-13-6-7-14-22(21)27(25(28)31)16-23(29)26-18(2)19-10-4-3-5-11-19/h3-15,18H,16H2,1-2H3,(H,26,29). The molecule has 4 rings (SSSR count). The van der Waals surface area contributed by atoms with Gasteiger partial charge in [-0.1, -0.05) is 54.6 Å². The molecule has 0 spiro atoms. The summed E-state index contributed by atoms with van der Waals surface area (Å²) in [6.07, 6.45) is 0. The van der Waals surface area contributed by atoms with Gasteiger partial charge in [-0.05, 0) is 49.2 Å². The number of amides is 1. The quantitative estimate of drug-likeness (QED) is 0.545. The van der Waals surface area contributed by atoms with E-state index in [1.54, 1.807) is 42.5 Å². The monoisotopic (exact) mass is 413 g/mol. The highest BCUT2D eigenvalue weighted by Crippen LogP contribution is 2.13. The summed E-state index contributed by atoms with van der Waals surface area (Å²) in [6.45, 7) is 3.59. The molecule has 0 fully saturated rings. The maximum Gasteiger partial charge on any atom is 0.336 e. The van der Waals surface area contributed by atoms with Crippen LogP contribution >= 0.6 is 0 Å². The predicted molar refractivity (Wildman–Crippen MR) is 122 cm³/mol. The summed E-state index contributed by atoms with van der Waals surface area (Å²) < 4.78 is 2.48. The van der Waals surface area contributed by atoms with Gasteiger partial charge in [-0.3, -0.25) is 14.2 Å². The Morgan fingerprint density at radius 2 is 1.65 bits per heavy atom. The lowest BCUT2D eigenvalue weighted by molar-refractivity contribution is -0.122. The Kier molecular flexibility index (Phi) is 5.54. The van der Waals surface area contributed by atoms with Gasteiger partial charge in [0.25, 0.3) is 5.56 Å². The molecule has 1 N–H and O–H groups in total. The van der Waals surface area contributed by atoms with Crippen LogP contribution in [0, 0.1) is 6.92 Å². The van der Waals surface area contributed by atoms with E-state index in [1.807, 2.05) is 50.2 Å². The van der Waals surface area contributed by atoms with E-state index >= 15 is 0 Å². The molecule has 1 unspecified atom stereocenters. The average molecular weight is 413 g/mol. The zero-order chi connectivity index (χ0) is 22.0. The third-order valence-corrected chi connectivity index (χ3v) is 5.29. The summed E-state index contributed by atoms with van der Waals surface area (Å²) in [6, 6.07) is 23.4. The molecule has 6 nitrogen and oxygen atoms in total. The lowest BCUT2D eigenvalue weighted by atomic mass is 10.1. The van der Waals surface area contributed by atoms with E-state index in [1.165, 1.54) is 4.57 Å². The SMILES string of the molecule is Cc1cccc(-n2c(=O)c3ccccc3n(CC(=O)NC(C)c3ccccc3)c2=O)c1. The van der Waals surface area contributed by atoms with Crippen LogP contribution in [-0.4, -0.2) is 15.0 Å². The fourth-order valence-corrected chi connectivity index (χ4v) is 3.72. The molecule has 0 saturated carbocycles. The maximum absolute atomic E-state index is 13.4. The largest absolute Gasteiger partial charge is 0.348 e. The number of aromatic nitrogens is 2. The number of para-hydroxylation sites is 1. The minimum absolute atomic E-state index is 0.192. The van der Waals surface area contributed by atoms with E-state index < -0.39 is 11.2 Å². The van der Waals surface area contributed by atoms with Crippen molar-refractivity contribution >= 4 is 16.8 Å². The topological polar surface area (TPSA) is 73.1 Å². The van der Waals surface area contributed by atoms with Gasteiger partial charge in [0.2, 0.25) is 5.91 Å². The Morgan fingerprint density at radius 1 is 0.935 bits per heavy atom. The Balaban J connectivity index is 1.78. The van der Waals surface area contributed by atoms with Gasteiger partial charge in [-0.15, -0.1) is 0 Å². The molecule has 31 heavy (non-hydrogen) atoms. The van der Waals surface area contributed by atoms with E-state index in [0.717, 1.165) is 15.7 Å². The zero-order valence-electron chi connectivity index (χ0n) is 17.4. The van der Waals surface area contributed by atoms with Crippen LogP contribution in [0.15, 0.2) is 88.5 Å². The van der Waals surface area contributed by atoms with Crippen LogP contribution in [0.25, 0.3) is 16.6 Å². The molecule has 0 bridgehead atoms. The highest BCUT2D eigenvalue weighted by molar-refractivity contribution is 5.82. The molecule has 1 aromatic heterocycles. The number of hydrogen-bond donors (Lipinski definition) is 1. The Labute approximate surface area is 179 Å². The summed E-state index contributed by atoms with van der Waals surface area (Å²) in [4.78, 5) is 39.3. The minimum atomic E-state index is -0.545. The van der Waals surface area contributed by atoms with Crippen LogP contribution in [0.4, 0.5) is 0 Å². The first-order chi connectivity index (χ1) is 15.0. The number of nitrogens with zero attached hydrogens (tertiary/aromatic N) is 2. The molecule has 0 aliphatic rings. The van der Waals surface area contributed by atoms with E-state index in [2.05, 4.69) is 5.32 Å². The molecule has 156 valence electrons. The minimum Gasteiger partial charge on any atom is -0.348 e. The van der Waals surface area contributed by atoms with Gasteiger partial charge in [0.05, 0.1) is 22.6 Å². The molecule has 0 aliphatic carbocycles. The molecule has 3 aromatic carbocycles. The van der Waals surface area contributed by atoms with Crippen LogP contribution in [0.1, 0.15) is 24.1 Å².